The maximum atomic E-state index is 6.13. The number of aryl methyl sites for hydroxylation is 2. The molecule has 2 aromatic rings. The second-order valence-corrected chi connectivity index (χ2v) is 4.93. The second-order valence-electron chi connectivity index (χ2n) is 4.93. The molecule has 0 aliphatic heterocycles. The molecule has 0 spiro atoms. The van der Waals surface area contributed by atoms with E-state index in [0.29, 0.717) is 6.54 Å². The van der Waals surface area contributed by atoms with Crippen molar-refractivity contribution in [2.45, 2.75) is 27.3 Å². The van der Waals surface area contributed by atoms with Gasteiger partial charge in [0.2, 0.25) is 0 Å². The second kappa shape index (κ2) is 5.97. The van der Waals surface area contributed by atoms with E-state index < -0.39 is 0 Å². The van der Waals surface area contributed by atoms with E-state index in [9.17, 15) is 0 Å². The van der Waals surface area contributed by atoms with E-state index >= 15 is 0 Å². The van der Waals surface area contributed by atoms with Gasteiger partial charge in [-0.2, -0.15) is 0 Å². The molecule has 0 aliphatic carbocycles. The minimum absolute atomic E-state index is 0.434. The normalized spacial score (nSPS) is 10.4. The van der Waals surface area contributed by atoms with Crippen molar-refractivity contribution in [1.29, 1.82) is 0 Å². The zero-order chi connectivity index (χ0) is 14.7. The number of methoxy groups -OCH3 is 1. The van der Waals surface area contributed by atoms with Crippen molar-refractivity contribution in [3.8, 4) is 17.2 Å². The van der Waals surface area contributed by atoms with Crippen LogP contribution in [-0.2, 0) is 6.54 Å². The lowest BCUT2D eigenvalue weighted by atomic mass is 10.1. The van der Waals surface area contributed by atoms with E-state index in [0.717, 1.165) is 33.9 Å². The molecular weight excluding hydrogens is 250 g/mol. The molecule has 3 nitrogen and oxygen atoms in total. The van der Waals surface area contributed by atoms with Gasteiger partial charge in [0.15, 0.2) is 0 Å². The third-order valence-electron chi connectivity index (χ3n) is 3.58. The average Bonchev–Trinajstić information content (AvgIpc) is 2.47. The largest absolute Gasteiger partial charge is 0.497 e. The number of rotatable bonds is 4. The summed E-state index contributed by atoms with van der Waals surface area (Å²) >= 11 is 0. The van der Waals surface area contributed by atoms with E-state index in [1.165, 1.54) is 5.56 Å². The van der Waals surface area contributed by atoms with Gasteiger partial charge in [-0.05, 0) is 43.5 Å². The molecule has 0 fully saturated rings. The Morgan fingerprint density at radius 1 is 1.00 bits per heavy atom. The lowest BCUT2D eigenvalue weighted by Gasteiger charge is -2.16. The van der Waals surface area contributed by atoms with Crippen molar-refractivity contribution in [3.05, 3.63) is 52.6 Å². The van der Waals surface area contributed by atoms with Crippen molar-refractivity contribution in [2.75, 3.05) is 7.11 Å². The van der Waals surface area contributed by atoms with Gasteiger partial charge in [-0.15, -0.1) is 0 Å². The lowest BCUT2D eigenvalue weighted by molar-refractivity contribution is 0.407. The Hall–Kier alpha value is -2.00. The molecule has 0 aliphatic rings. The smallest absolute Gasteiger partial charge is 0.135 e. The van der Waals surface area contributed by atoms with Gasteiger partial charge in [0, 0.05) is 18.2 Å². The topological polar surface area (TPSA) is 44.5 Å². The summed E-state index contributed by atoms with van der Waals surface area (Å²) in [5.74, 6) is 2.41. The fourth-order valence-corrected chi connectivity index (χ4v) is 2.12. The first-order chi connectivity index (χ1) is 9.56. The SMILES string of the molecule is COc1ccc(CN)c(Oc2c(C)ccc(C)c2C)c1. The predicted molar refractivity (Wildman–Crippen MR) is 81.6 cm³/mol. The van der Waals surface area contributed by atoms with Crippen LogP contribution in [0.25, 0.3) is 0 Å². The van der Waals surface area contributed by atoms with Crippen LogP contribution >= 0.6 is 0 Å². The molecule has 0 aromatic heterocycles. The van der Waals surface area contributed by atoms with Crippen molar-refractivity contribution in [2.24, 2.45) is 5.73 Å². The van der Waals surface area contributed by atoms with Gasteiger partial charge in [0.05, 0.1) is 7.11 Å². The van der Waals surface area contributed by atoms with E-state index in [4.69, 9.17) is 15.2 Å². The van der Waals surface area contributed by atoms with Gasteiger partial charge in [-0.25, -0.2) is 0 Å². The molecule has 0 bridgehead atoms. The van der Waals surface area contributed by atoms with Crippen molar-refractivity contribution in [1.82, 2.24) is 0 Å². The highest BCUT2D eigenvalue weighted by Gasteiger charge is 2.11. The Labute approximate surface area is 120 Å². The number of benzene rings is 2. The van der Waals surface area contributed by atoms with Crippen molar-refractivity contribution < 1.29 is 9.47 Å². The summed E-state index contributed by atoms with van der Waals surface area (Å²) in [6.07, 6.45) is 0. The van der Waals surface area contributed by atoms with Crippen LogP contribution in [0.2, 0.25) is 0 Å². The van der Waals surface area contributed by atoms with E-state index in [1.807, 2.05) is 25.1 Å². The highest BCUT2D eigenvalue weighted by Crippen LogP contribution is 2.34. The van der Waals surface area contributed by atoms with E-state index in [1.54, 1.807) is 7.11 Å². The van der Waals surface area contributed by atoms with Crippen LogP contribution in [-0.4, -0.2) is 7.11 Å². The van der Waals surface area contributed by atoms with Gasteiger partial charge < -0.3 is 15.2 Å². The minimum atomic E-state index is 0.434. The Morgan fingerprint density at radius 2 is 1.70 bits per heavy atom. The number of hydrogen-bond acceptors (Lipinski definition) is 3. The molecule has 2 rings (SSSR count). The molecule has 0 unspecified atom stereocenters. The molecule has 2 N–H and O–H groups in total. The first-order valence-electron chi connectivity index (χ1n) is 6.68. The molecule has 3 heteroatoms. The van der Waals surface area contributed by atoms with Crippen molar-refractivity contribution >= 4 is 0 Å². The summed E-state index contributed by atoms with van der Waals surface area (Å²) in [5.41, 5.74) is 10.2. The van der Waals surface area contributed by atoms with E-state index in [2.05, 4.69) is 26.0 Å². The first-order valence-corrected chi connectivity index (χ1v) is 6.68. The summed E-state index contributed by atoms with van der Waals surface area (Å²) < 4.78 is 11.4. The molecule has 0 saturated carbocycles. The molecule has 0 radical (unpaired) electrons. The van der Waals surface area contributed by atoms with Crippen LogP contribution in [0.15, 0.2) is 30.3 Å². The van der Waals surface area contributed by atoms with Gasteiger partial charge in [0.1, 0.15) is 17.2 Å². The van der Waals surface area contributed by atoms with E-state index in [-0.39, 0.29) is 0 Å². The zero-order valence-corrected chi connectivity index (χ0v) is 12.5. The number of ether oxygens (including phenoxy) is 2. The van der Waals surface area contributed by atoms with Crippen LogP contribution in [0.3, 0.4) is 0 Å². The number of hydrogen-bond donors (Lipinski definition) is 1. The fourth-order valence-electron chi connectivity index (χ4n) is 2.12. The Bertz CT molecular complexity index is 621. The summed E-state index contributed by atoms with van der Waals surface area (Å²) in [7, 11) is 1.64. The van der Waals surface area contributed by atoms with Crippen LogP contribution < -0.4 is 15.2 Å². The predicted octanol–water partition coefficient (Wildman–Crippen LogP) is 3.87. The third-order valence-corrected chi connectivity index (χ3v) is 3.58. The van der Waals surface area contributed by atoms with Crippen molar-refractivity contribution in [3.63, 3.8) is 0 Å². The highest BCUT2D eigenvalue weighted by atomic mass is 16.5. The minimum Gasteiger partial charge on any atom is -0.497 e. The fraction of sp³-hybridized carbons (Fsp3) is 0.294. The van der Waals surface area contributed by atoms with Crippen LogP contribution in [0, 0.1) is 20.8 Å². The zero-order valence-electron chi connectivity index (χ0n) is 12.5. The summed E-state index contributed by atoms with van der Waals surface area (Å²) in [6, 6.07) is 9.88. The quantitative estimate of drug-likeness (QED) is 0.918. The summed E-state index contributed by atoms with van der Waals surface area (Å²) in [5, 5.41) is 0. The molecule has 20 heavy (non-hydrogen) atoms. The number of nitrogens with two attached hydrogens (primary N) is 1. The Morgan fingerprint density at radius 3 is 2.35 bits per heavy atom. The molecular formula is C17H21NO2. The maximum absolute atomic E-state index is 6.13. The third kappa shape index (κ3) is 2.78. The molecule has 2 aromatic carbocycles. The Balaban J connectivity index is 2.46. The molecule has 106 valence electrons. The van der Waals surface area contributed by atoms with Gasteiger partial charge >= 0.3 is 0 Å². The summed E-state index contributed by atoms with van der Waals surface area (Å²) in [6.45, 7) is 6.63. The Kier molecular flexibility index (Phi) is 4.30. The molecule has 0 heterocycles. The molecule has 0 atom stereocenters. The molecule has 0 saturated heterocycles. The standard InChI is InChI=1S/C17H21NO2/c1-11-5-6-12(2)17(13(11)3)20-16-9-15(19-4)8-7-14(16)10-18/h5-9H,10,18H2,1-4H3. The average molecular weight is 271 g/mol. The van der Waals surface area contributed by atoms with Crippen LogP contribution in [0.1, 0.15) is 22.3 Å². The van der Waals surface area contributed by atoms with Gasteiger partial charge in [-0.1, -0.05) is 18.2 Å². The van der Waals surface area contributed by atoms with Gasteiger partial charge in [0.25, 0.3) is 0 Å². The highest BCUT2D eigenvalue weighted by molar-refractivity contribution is 5.49. The monoisotopic (exact) mass is 271 g/mol. The summed E-state index contributed by atoms with van der Waals surface area (Å²) in [4.78, 5) is 0. The van der Waals surface area contributed by atoms with Crippen LogP contribution in [0.4, 0.5) is 0 Å². The van der Waals surface area contributed by atoms with Crippen LogP contribution in [0.5, 0.6) is 17.2 Å². The maximum Gasteiger partial charge on any atom is 0.135 e. The molecule has 0 amide bonds. The lowest BCUT2D eigenvalue weighted by Crippen LogP contribution is -2.01. The first kappa shape index (κ1) is 14.4. The van der Waals surface area contributed by atoms with Gasteiger partial charge in [-0.3, -0.25) is 0 Å².